The van der Waals surface area contributed by atoms with Crippen molar-refractivity contribution in [3.8, 4) is 11.1 Å². The molecule has 1 aliphatic heterocycles. The Morgan fingerprint density at radius 1 is 1.04 bits per heavy atom. The zero-order valence-corrected chi connectivity index (χ0v) is 14.8. The smallest absolute Gasteiger partial charge is 0.130 e. The van der Waals surface area contributed by atoms with E-state index < -0.39 is 11.6 Å². The maximum atomic E-state index is 14.0. The quantitative estimate of drug-likeness (QED) is 0.709. The number of hydrogen-bond donors (Lipinski definition) is 1. The van der Waals surface area contributed by atoms with Gasteiger partial charge in [-0.15, -0.1) is 0 Å². The summed E-state index contributed by atoms with van der Waals surface area (Å²) >= 11 is 0. The molecule has 0 saturated carbocycles. The van der Waals surface area contributed by atoms with E-state index in [-0.39, 0.29) is 23.8 Å². The van der Waals surface area contributed by atoms with Gasteiger partial charge in [-0.25, -0.2) is 13.2 Å². The van der Waals surface area contributed by atoms with Crippen LogP contribution in [0.15, 0.2) is 48.7 Å². The lowest BCUT2D eigenvalue weighted by atomic mass is 9.90. The van der Waals surface area contributed by atoms with E-state index in [0.29, 0.717) is 6.54 Å². The van der Waals surface area contributed by atoms with Crippen molar-refractivity contribution in [1.29, 1.82) is 0 Å². The molecule has 2 heterocycles. The molecule has 140 valence electrons. The van der Waals surface area contributed by atoms with Crippen molar-refractivity contribution in [3.63, 3.8) is 0 Å². The molecule has 0 bridgehead atoms. The highest BCUT2D eigenvalue weighted by molar-refractivity contribution is 5.65. The van der Waals surface area contributed by atoms with E-state index in [1.807, 2.05) is 0 Å². The van der Waals surface area contributed by atoms with Gasteiger partial charge in [0.05, 0.1) is 6.20 Å². The van der Waals surface area contributed by atoms with Gasteiger partial charge in [-0.3, -0.25) is 10.00 Å². The molecule has 0 amide bonds. The van der Waals surface area contributed by atoms with E-state index in [9.17, 15) is 13.2 Å². The first-order chi connectivity index (χ1) is 13.1. The molecule has 1 saturated heterocycles. The van der Waals surface area contributed by atoms with Crippen LogP contribution in [0.2, 0.25) is 0 Å². The van der Waals surface area contributed by atoms with Crippen molar-refractivity contribution in [2.24, 2.45) is 0 Å². The monoisotopic (exact) mass is 371 g/mol. The minimum Gasteiger partial charge on any atom is -0.298 e. The minimum absolute atomic E-state index is 0.113. The second-order valence-electron chi connectivity index (χ2n) is 6.98. The standard InChI is InChI=1S/C21H20F3N3/c22-16-8-6-14(7-9-16)17-11-25-26-21(17)15-3-2-10-27(12-15)13-18-19(23)4-1-5-20(18)24/h1,4-9,11,15H,2-3,10,12-13H2,(H,25,26)/t15-/m1/s1. The molecule has 0 spiro atoms. The summed E-state index contributed by atoms with van der Waals surface area (Å²) in [7, 11) is 0. The van der Waals surface area contributed by atoms with Crippen molar-refractivity contribution >= 4 is 0 Å². The Morgan fingerprint density at radius 2 is 1.78 bits per heavy atom. The fourth-order valence-corrected chi connectivity index (χ4v) is 3.81. The first kappa shape index (κ1) is 17.8. The molecular weight excluding hydrogens is 351 g/mol. The molecule has 1 atom stereocenters. The van der Waals surface area contributed by atoms with Gasteiger partial charge in [0.1, 0.15) is 17.5 Å². The number of halogens is 3. The van der Waals surface area contributed by atoms with Crippen LogP contribution < -0.4 is 0 Å². The molecule has 1 fully saturated rings. The molecule has 2 aromatic carbocycles. The maximum Gasteiger partial charge on any atom is 0.130 e. The number of piperidine rings is 1. The first-order valence-corrected chi connectivity index (χ1v) is 9.06. The zero-order valence-electron chi connectivity index (χ0n) is 14.8. The summed E-state index contributed by atoms with van der Waals surface area (Å²) in [5.41, 5.74) is 2.94. The van der Waals surface area contributed by atoms with Gasteiger partial charge < -0.3 is 0 Å². The number of H-pyrrole nitrogens is 1. The van der Waals surface area contributed by atoms with Gasteiger partial charge in [0.2, 0.25) is 0 Å². The molecule has 1 aliphatic rings. The van der Waals surface area contributed by atoms with Crippen LogP contribution in [0.4, 0.5) is 13.2 Å². The van der Waals surface area contributed by atoms with Crippen molar-refractivity contribution in [2.75, 3.05) is 13.1 Å². The van der Waals surface area contributed by atoms with Gasteiger partial charge in [-0.1, -0.05) is 18.2 Å². The van der Waals surface area contributed by atoms with Crippen molar-refractivity contribution in [2.45, 2.75) is 25.3 Å². The van der Waals surface area contributed by atoms with Crippen LogP contribution in [0, 0.1) is 17.5 Å². The van der Waals surface area contributed by atoms with Gasteiger partial charge in [-0.2, -0.15) is 5.10 Å². The lowest BCUT2D eigenvalue weighted by molar-refractivity contribution is 0.194. The predicted octanol–water partition coefficient (Wildman–Crippen LogP) is 4.87. The van der Waals surface area contributed by atoms with Gasteiger partial charge in [0.25, 0.3) is 0 Å². The number of nitrogens with one attached hydrogen (secondary N) is 1. The Hall–Kier alpha value is -2.60. The largest absolute Gasteiger partial charge is 0.298 e. The number of rotatable bonds is 4. The molecule has 4 rings (SSSR count). The number of aromatic nitrogens is 2. The minimum atomic E-state index is -0.509. The number of aromatic amines is 1. The second kappa shape index (κ2) is 7.56. The highest BCUT2D eigenvalue weighted by Gasteiger charge is 2.26. The third-order valence-electron chi connectivity index (χ3n) is 5.18. The zero-order chi connectivity index (χ0) is 18.8. The van der Waals surface area contributed by atoms with E-state index in [0.717, 1.165) is 36.2 Å². The number of likely N-dealkylation sites (tertiary alicyclic amines) is 1. The molecule has 0 unspecified atom stereocenters. The summed E-state index contributed by atoms with van der Waals surface area (Å²) in [6.07, 6.45) is 3.65. The normalized spacial score (nSPS) is 18.0. The lowest BCUT2D eigenvalue weighted by Crippen LogP contribution is -2.34. The van der Waals surface area contributed by atoms with Crippen LogP contribution in [0.25, 0.3) is 11.1 Å². The van der Waals surface area contributed by atoms with Crippen LogP contribution in [0.1, 0.15) is 30.0 Å². The maximum absolute atomic E-state index is 14.0. The van der Waals surface area contributed by atoms with Crippen LogP contribution in [-0.4, -0.2) is 28.2 Å². The average molecular weight is 371 g/mol. The van der Waals surface area contributed by atoms with E-state index in [2.05, 4.69) is 15.1 Å². The summed E-state index contributed by atoms with van der Waals surface area (Å²) in [5, 5.41) is 7.25. The van der Waals surface area contributed by atoms with E-state index >= 15 is 0 Å². The molecular formula is C21H20F3N3. The van der Waals surface area contributed by atoms with Gasteiger partial charge in [0.15, 0.2) is 0 Å². The summed E-state index contributed by atoms with van der Waals surface area (Å²) in [4.78, 5) is 2.07. The molecule has 3 aromatic rings. The Kier molecular flexibility index (Phi) is 4.99. The van der Waals surface area contributed by atoms with Gasteiger partial charge >= 0.3 is 0 Å². The second-order valence-corrected chi connectivity index (χ2v) is 6.98. The summed E-state index contributed by atoms with van der Waals surface area (Å²) in [5.74, 6) is -1.12. The third-order valence-corrected chi connectivity index (χ3v) is 5.18. The highest BCUT2D eigenvalue weighted by Crippen LogP contribution is 2.33. The van der Waals surface area contributed by atoms with Gasteiger partial charge in [-0.05, 0) is 49.2 Å². The fourth-order valence-electron chi connectivity index (χ4n) is 3.81. The van der Waals surface area contributed by atoms with E-state index in [4.69, 9.17) is 0 Å². The Morgan fingerprint density at radius 3 is 2.52 bits per heavy atom. The third kappa shape index (κ3) is 3.76. The van der Waals surface area contributed by atoms with Crippen LogP contribution in [0.3, 0.4) is 0 Å². The SMILES string of the molecule is Fc1ccc(-c2cn[nH]c2[C@@H]2CCCN(Cc3c(F)cccc3F)C2)cc1. The average Bonchev–Trinajstić information content (AvgIpc) is 3.16. The molecule has 1 aromatic heterocycles. The van der Waals surface area contributed by atoms with Crippen molar-refractivity contribution < 1.29 is 13.2 Å². The molecule has 3 nitrogen and oxygen atoms in total. The molecule has 0 radical (unpaired) electrons. The summed E-state index contributed by atoms with van der Waals surface area (Å²) in [6.45, 7) is 1.73. The number of hydrogen-bond acceptors (Lipinski definition) is 2. The predicted molar refractivity (Wildman–Crippen MR) is 97.6 cm³/mol. The number of nitrogens with zero attached hydrogens (tertiary/aromatic N) is 2. The Bertz CT molecular complexity index is 900. The van der Waals surface area contributed by atoms with E-state index in [1.54, 1.807) is 18.3 Å². The molecule has 6 heteroatoms. The molecule has 1 N–H and O–H groups in total. The summed E-state index contributed by atoms with van der Waals surface area (Å²) in [6, 6.07) is 10.3. The van der Waals surface area contributed by atoms with Crippen molar-refractivity contribution in [3.05, 3.63) is 77.4 Å². The van der Waals surface area contributed by atoms with Crippen LogP contribution in [-0.2, 0) is 6.54 Å². The Labute approximate surface area is 155 Å². The molecule has 27 heavy (non-hydrogen) atoms. The van der Waals surface area contributed by atoms with E-state index in [1.165, 1.54) is 30.3 Å². The Balaban J connectivity index is 1.54. The van der Waals surface area contributed by atoms with Crippen molar-refractivity contribution in [1.82, 2.24) is 15.1 Å². The van der Waals surface area contributed by atoms with Crippen LogP contribution >= 0.6 is 0 Å². The lowest BCUT2D eigenvalue weighted by Gasteiger charge is -2.32. The highest BCUT2D eigenvalue weighted by atomic mass is 19.1. The number of benzene rings is 2. The topological polar surface area (TPSA) is 31.9 Å². The van der Waals surface area contributed by atoms with Gasteiger partial charge in [0, 0.05) is 35.8 Å². The molecule has 0 aliphatic carbocycles. The first-order valence-electron chi connectivity index (χ1n) is 9.06. The summed E-state index contributed by atoms with van der Waals surface area (Å²) < 4.78 is 41.2. The van der Waals surface area contributed by atoms with Crippen LogP contribution in [0.5, 0.6) is 0 Å². The fraction of sp³-hybridized carbons (Fsp3) is 0.286.